The monoisotopic (exact) mass is 551 g/mol. The average Bonchev–Trinajstić information content (AvgIpc) is 2.88. The number of halogens is 3. The number of hydrogen-bond acceptors (Lipinski definition) is 10. The predicted octanol–water partition coefficient (Wildman–Crippen LogP) is 0.527. The zero-order valence-corrected chi connectivity index (χ0v) is 20.0. The average molecular weight is 551 g/mol. The number of aromatic amines is 1. The Morgan fingerprint density at radius 3 is 2.44 bits per heavy atom. The number of carbonyl (C=O) groups excluding carboxylic acids is 3. The van der Waals surface area contributed by atoms with E-state index in [2.05, 4.69) is 30.0 Å². The smallest absolute Gasteiger partial charge is 0.471 e. The van der Waals surface area contributed by atoms with E-state index in [1.54, 1.807) is 0 Å². The Balaban J connectivity index is 1.88. The molecule has 0 bridgehead atoms. The third-order valence-corrected chi connectivity index (χ3v) is 5.17. The fraction of sp³-hybridized carbons (Fsp3) is 0.273. The molecule has 5 N–H and O–H groups in total. The summed E-state index contributed by atoms with van der Waals surface area (Å²) >= 11 is 0. The van der Waals surface area contributed by atoms with Crippen LogP contribution in [0.3, 0.4) is 0 Å². The van der Waals surface area contributed by atoms with Crippen LogP contribution in [0.4, 0.5) is 24.8 Å². The minimum atomic E-state index is -5.29. The maximum absolute atomic E-state index is 13.4. The number of benzene rings is 1. The molecule has 0 aliphatic rings. The Morgan fingerprint density at radius 1 is 1.18 bits per heavy atom. The molecule has 17 heteroatoms. The van der Waals surface area contributed by atoms with Crippen molar-refractivity contribution < 1.29 is 42.2 Å². The van der Waals surface area contributed by atoms with Crippen molar-refractivity contribution in [3.05, 3.63) is 52.1 Å². The molecule has 0 saturated carbocycles. The van der Waals surface area contributed by atoms with E-state index in [1.165, 1.54) is 0 Å². The largest absolute Gasteiger partial charge is 0.481 e. The van der Waals surface area contributed by atoms with Crippen LogP contribution in [0.5, 0.6) is 0 Å². The molecular formula is C22H20F3N7O7. The molecular weight excluding hydrogens is 531 g/mol. The molecule has 2 heterocycles. The van der Waals surface area contributed by atoms with Crippen molar-refractivity contribution in [3.8, 4) is 0 Å². The number of nitrogens with zero attached hydrogens (tertiary/aromatic N) is 4. The van der Waals surface area contributed by atoms with Crippen LogP contribution in [-0.2, 0) is 25.7 Å². The number of aliphatic carboxylic acids is 1. The number of rotatable bonds is 9. The van der Waals surface area contributed by atoms with Crippen molar-refractivity contribution in [2.24, 2.45) is 0 Å². The number of anilines is 2. The normalized spacial score (nSPS) is 12.0. The van der Waals surface area contributed by atoms with E-state index in [9.17, 15) is 37.1 Å². The zero-order chi connectivity index (χ0) is 28.9. The molecule has 2 aromatic heterocycles. The first kappa shape index (κ1) is 28.5. The zero-order valence-electron chi connectivity index (χ0n) is 20.0. The number of nitrogens with one attached hydrogen (secondary N) is 2. The Hall–Kier alpha value is -5.09. The number of nitrogen functional groups attached to an aromatic ring is 1. The summed E-state index contributed by atoms with van der Waals surface area (Å²) in [5.74, 6) is -5.45. The molecule has 3 aromatic rings. The summed E-state index contributed by atoms with van der Waals surface area (Å²) in [7, 11) is 1.05. The van der Waals surface area contributed by atoms with Gasteiger partial charge in [0.2, 0.25) is 5.95 Å². The Morgan fingerprint density at radius 2 is 1.85 bits per heavy atom. The number of fused-ring (bicyclic) bond motifs is 1. The molecule has 3 rings (SSSR count). The van der Waals surface area contributed by atoms with Crippen molar-refractivity contribution in [2.45, 2.75) is 31.6 Å². The van der Waals surface area contributed by atoms with Crippen molar-refractivity contribution in [1.82, 2.24) is 25.3 Å². The van der Waals surface area contributed by atoms with Gasteiger partial charge in [-0.2, -0.15) is 18.2 Å². The quantitative estimate of drug-likeness (QED) is 0.269. The number of H-pyrrole nitrogens is 1. The van der Waals surface area contributed by atoms with E-state index in [-0.39, 0.29) is 40.5 Å². The van der Waals surface area contributed by atoms with Gasteiger partial charge >= 0.3 is 24.0 Å². The summed E-state index contributed by atoms with van der Waals surface area (Å²) in [5.41, 5.74) is 3.60. The van der Waals surface area contributed by atoms with Crippen LogP contribution in [0.2, 0.25) is 0 Å². The summed E-state index contributed by atoms with van der Waals surface area (Å²) in [6.07, 6.45) is -4.97. The summed E-state index contributed by atoms with van der Waals surface area (Å²) < 4.78 is 44.7. The second-order valence-corrected chi connectivity index (χ2v) is 7.90. The van der Waals surface area contributed by atoms with Gasteiger partial charge in [-0.15, -0.1) is 0 Å². The molecule has 0 saturated heterocycles. The summed E-state index contributed by atoms with van der Waals surface area (Å²) in [5, 5.41) is 11.1. The van der Waals surface area contributed by atoms with Crippen LogP contribution in [-0.4, -0.2) is 68.1 Å². The summed E-state index contributed by atoms with van der Waals surface area (Å²) in [4.78, 5) is 73.6. The molecule has 0 radical (unpaired) electrons. The molecule has 39 heavy (non-hydrogen) atoms. The van der Waals surface area contributed by atoms with Crippen LogP contribution in [0.15, 0.2) is 35.3 Å². The van der Waals surface area contributed by atoms with Gasteiger partial charge in [-0.3, -0.25) is 29.1 Å². The van der Waals surface area contributed by atoms with Gasteiger partial charge in [0.15, 0.2) is 11.2 Å². The number of alkyl halides is 3. The summed E-state index contributed by atoms with van der Waals surface area (Å²) in [6.45, 7) is -0.754. The van der Waals surface area contributed by atoms with Crippen molar-refractivity contribution >= 4 is 46.6 Å². The number of hydrogen-bond donors (Lipinski definition) is 4. The van der Waals surface area contributed by atoms with Crippen molar-refractivity contribution in [2.75, 3.05) is 17.7 Å². The molecule has 0 unspecified atom stereocenters. The van der Waals surface area contributed by atoms with Crippen LogP contribution >= 0.6 is 0 Å². The van der Waals surface area contributed by atoms with Crippen LogP contribution in [0.1, 0.15) is 28.9 Å². The lowest BCUT2D eigenvalue weighted by molar-refractivity contribution is -0.170. The summed E-state index contributed by atoms with van der Waals surface area (Å²) in [6, 6.07) is 2.99. The van der Waals surface area contributed by atoms with Crippen LogP contribution in [0, 0.1) is 0 Å². The maximum atomic E-state index is 13.4. The molecule has 2 amide bonds. The number of ether oxygens (including phenoxy) is 1. The lowest BCUT2D eigenvalue weighted by Crippen LogP contribution is -2.42. The van der Waals surface area contributed by atoms with Gasteiger partial charge in [-0.05, 0) is 30.7 Å². The number of esters is 1. The molecule has 0 fully saturated rings. The Labute approximate surface area is 216 Å². The SMILES string of the molecule is COC(=O)[C@H](CCC(=O)O)NC(=O)c1ccc(N(Cc2cnc3nc(N)[nH]c(=O)c3n2)C(=O)C(F)(F)F)cc1. The first-order chi connectivity index (χ1) is 18.3. The van der Waals surface area contributed by atoms with Gasteiger partial charge in [-0.25, -0.2) is 14.8 Å². The topological polar surface area (TPSA) is 211 Å². The highest BCUT2D eigenvalue weighted by Gasteiger charge is 2.43. The van der Waals surface area contributed by atoms with Gasteiger partial charge in [0.1, 0.15) is 6.04 Å². The maximum Gasteiger partial charge on any atom is 0.471 e. The minimum absolute atomic E-state index is 0.108. The third kappa shape index (κ3) is 7.02. The van der Waals surface area contributed by atoms with Gasteiger partial charge in [0, 0.05) is 17.7 Å². The molecule has 206 valence electrons. The van der Waals surface area contributed by atoms with E-state index in [0.29, 0.717) is 4.90 Å². The van der Waals surface area contributed by atoms with Gasteiger partial charge in [-0.1, -0.05) is 0 Å². The second kappa shape index (κ2) is 11.5. The van der Waals surface area contributed by atoms with Gasteiger partial charge in [0.25, 0.3) is 11.5 Å². The van der Waals surface area contributed by atoms with Crippen molar-refractivity contribution in [1.29, 1.82) is 0 Å². The highest BCUT2D eigenvalue weighted by molar-refractivity contribution is 5.99. The Bertz CT molecular complexity index is 1480. The number of carbonyl (C=O) groups is 4. The number of aromatic nitrogens is 4. The number of carboxylic acids is 1. The van der Waals surface area contributed by atoms with Gasteiger partial charge in [0.05, 0.1) is 25.5 Å². The lowest BCUT2D eigenvalue weighted by Gasteiger charge is -2.24. The van der Waals surface area contributed by atoms with Crippen LogP contribution < -0.4 is 21.5 Å². The highest BCUT2D eigenvalue weighted by Crippen LogP contribution is 2.26. The van der Waals surface area contributed by atoms with E-state index < -0.39 is 54.5 Å². The molecule has 14 nitrogen and oxygen atoms in total. The number of nitrogens with two attached hydrogens (primary N) is 1. The van der Waals surface area contributed by atoms with Crippen LogP contribution in [0.25, 0.3) is 11.2 Å². The fourth-order valence-electron chi connectivity index (χ4n) is 3.34. The number of methoxy groups -OCH3 is 1. The molecule has 1 atom stereocenters. The van der Waals surface area contributed by atoms with Gasteiger partial charge < -0.3 is 20.9 Å². The highest BCUT2D eigenvalue weighted by atomic mass is 19.4. The number of amides is 2. The first-order valence-electron chi connectivity index (χ1n) is 10.9. The molecule has 0 aliphatic heterocycles. The molecule has 0 spiro atoms. The second-order valence-electron chi connectivity index (χ2n) is 7.90. The van der Waals surface area contributed by atoms with E-state index in [4.69, 9.17) is 10.8 Å². The standard InChI is InChI=1S/C22H20F3N7O7/c1-39-19(37)13(6-7-14(33)34)29-17(35)10-2-4-12(5-3-10)32(20(38)22(23,24)25)9-11-8-27-16-15(28-11)18(36)31-21(26)30-16/h2-5,8,13H,6-7,9H2,1H3,(H,29,35)(H,33,34)(H3,26,27,30,31,36)/t13-/m0/s1. The first-order valence-corrected chi connectivity index (χ1v) is 10.9. The number of carboxylic acid groups (broad SMARTS) is 1. The van der Waals surface area contributed by atoms with E-state index in [0.717, 1.165) is 37.6 Å². The lowest BCUT2D eigenvalue weighted by atomic mass is 10.1. The van der Waals surface area contributed by atoms with E-state index in [1.807, 2.05) is 0 Å². The Kier molecular flexibility index (Phi) is 8.42. The van der Waals surface area contributed by atoms with E-state index >= 15 is 0 Å². The predicted molar refractivity (Wildman–Crippen MR) is 126 cm³/mol. The molecule has 0 aliphatic carbocycles. The fourth-order valence-corrected chi connectivity index (χ4v) is 3.34. The van der Waals surface area contributed by atoms with Crippen molar-refractivity contribution in [3.63, 3.8) is 0 Å². The third-order valence-electron chi connectivity index (χ3n) is 5.17. The molecule has 1 aromatic carbocycles. The minimum Gasteiger partial charge on any atom is -0.481 e.